The van der Waals surface area contributed by atoms with Crippen molar-refractivity contribution < 1.29 is 14.3 Å². The van der Waals surface area contributed by atoms with Gasteiger partial charge in [-0.1, -0.05) is 12.1 Å². The second kappa shape index (κ2) is 9.39. The Kier molecular flexibility index (Phi) is 7.21. The maximum Gasteiger partial charge on any atom is 0.226 e. The average Bonchev–Trinajstić information content (AvgIpc) is 2.58. The number of morpholine rings is 1. The predicted octanol–water partition coefficient (Wildman–Crippen LogP) is 1.41. The molecule has 0 aliphatic carbocycles. The van der Waals surface area contributed by atoms with Crippen LogP contribution in [0.2, 0.25) is 0 Å². The maximum atomic E-state index is 12.1. The molecule has 6 nitrogen and oxygen atoms in total. The summed E-state index contributed by atoms with van der Waals surface area (Å²) in [7, 11) is 0. The number of amides is 2. The van der Waals surface area contributed by atoms with E-state index < -0.39 is 0 Å². The topological polar surface area (TPSA) is 70.7 Å². The normalized spacial score (nSPS) is 17.3. The van der Waals surface area contributed by atoms with Gasteiger partial charge in [-0.15, -0.1) is 0 Å². The van der Waals surface area contributed by atoms with Crippen molar-refractivity contribution in [2.24, 2.45) is 0 Å². The summed E-state index contributed by atoms with van der Waals surface area (Å²) in [6, 6.07) is 7.53. The fourth-order valence-electron chi connectivity index (χ4n) is 2.76. The van der Waals surface area contributed by atoms with E-state index in [1.807, 2.05) is 43.0 Å². The molecule has 0 spiro atoms. The molecule has 0 radical (unpaired) electrons. The minimum atomic E-state index is -0.0371. The number of nitrogens with zero attached hydrogens (tertiary/aromatic N) is 1. The Morgan fingerprint density at radius 2 is 1.96 bits per heavy atom. The van der Waals surface area contributed by atoms with Crippen molar-refractivity contribution in [2.45, 2.75) is 32.7 Å². The first-order chi connectivity index (χ1) is 11.6. The molecule has 6 heteroatoms. The van der Waals surface area contributed by atoms with Crippen molar-refractivity contribution in [3.05, 3.63) is 29.8 Å². The number of hydrogen-bond acceptors (Lipinski definition) is 4. The zero-order valence-corrected chi connectivity index (χ0v) is 14.5. The van der Waals surface area contributed by atoms with E-state index in [-0.39, 0.29) is 17.9 Å². The van der Waals surface area contributed by atoms with Gasteiger partial charge in [-0.25, -0.2) is 0 Å². The molecule has 1 fully saturated rings. The van der Waals surface area contributed by atoms with Gasteiger partial charge in [0.1, 0.15) is 0 Å². The van der Waals surface area contributed by atoms with Crippen LogP contribution in [-0.4, -0.2) is 55.6 Å². The number of carbonyl (C=O) groups excluding carboxylic acids is 2. The van der Waals surface area contributed by atoms with Crippen molar-refractivity contribution >= 4 is 17.5 Å². The molecule has 2 N–H and O–H groups in total. The molecule has 132 valence electrons. The average molecular weight is 333 g/mol. The lowest BCUT2D eigenvalue weighted by Crippen LogP contribution is -2.43. The summed E-state index contributed by atoms with van der Waals surface area (Å²) in [4.78, 5) is 26.0. The molecule has 1 atom stereocenters. The van der Waals surface area contributed by atoms with Gasteiger partial charge < -0.3 is 20.3 Å². The molecule has 2 amide bonds. The first-order valence-electron chi connectivity index (χ1n) is 8.60. The minimum absolute atomic E-state index is 0.0371. The van der Waals surface area contributed by atoms with E-state index in [1.165, 1.54) is 0 Å². The lowest BCUT2D eigenvalue weighted by Gasteiger charge is -2.23. The Morgan fingerprint density at radius 1 is 1.25 bits per heavy atom. The van der Waals surface area contributed by atoms with Crippen LogP contribution < -0.4 is 10.6 Å². The van der Waals surface area contributed by atoms with Crippen molar-refractivity contribution in [3.63, 3.8) is 0 Å². The zero-order chi connectivity index (χ0) is 17.4. The molecule has 1 saturated heterocycles. The number of benzene rings is 1. The van der Waals surface area contributed by atoms with Crippen LogP contribution >= 0.6 is 0 Å². The number of hydrogen-bond donors (Lipinski definition) is 2. The van der Waals surface area contributed by atoms with Gasteiger partial charge in [0.25, 0.3) is 0 Å². The van der Waals surface area contributed by atoms with E-state index in [9.17, 15) is 9.59 Å². The van der Waals surface area contributed by atoms with Crippen molar-refractivity contribution in [1.29, 1.82) is 0 Å². The predicted molar refractivity (Wildman–Crippen MR) is 93.9 cm³/mol. The van der Waals surface area contributed by atoms with E-state index in [2.05, 4.69) is 10.6 Å². The highest BCUT2D eigenvalue weighted by Crippen LogP contribution is 2.12. The lowest BCUT2D eigenvalue weighted by molar-refractivity contribution is -0.130. The third kappa shape index (κ3) is 5.62. The van der Waals surface area contributed by atoms with Crippen LogP contribution in [0, 0.1) is 0 Å². The maximum absolute atomic E-state index is 12.1. The zero-order valence-electron chi connectivity index (χ0n) is 14.5. The third-order valence-corrected chi connectivity index (χ3v) is 4.14. The van der Waals surface area contributed by atoms with E-state index in [0.717, 1.165) is 30.9 Å². The van der Waals surface area contributed by atoms with Crippen LogP contribution in [0.5, 0.6) is 0 Å². The number of anilines is 1. The summed E-state index contributed by atoms with van der Waals surface area (Å²) in [6.07, 6.45) is 0.779. The first kappa shape index (κ1) is 18.4. The molecule has 1 aliphatic rings. The van der Waals surface area contributed by atoms with Crippen molar-refractivity contribution in [3.8, 4) is 0 Å². The van der Waals surface area contributed by atoms with E-state index in [4.69, 9.17) is 4.74 Å². The Morgan fingerprint density at radius 3 is 2.54 bits per heavy atom. The standard InChI is InChI=1S/C18H27N3O3/c1-3-21(4-2)18(23)11-14-5-7-15(8-6-14)20-17(22)12-16-13-24-10-9-19-16/h5-8,16,19H,3-4,9-13H2,1-2H3,(H,20,22). The van der Waals surface area contributed by atoms with E-state index in [0.29, 0.717) is 26.1 Å². The molecule has 1 heterocycles. The van der Waals surface area contributed by atoms with Crippen LogP contribution in [-0.2, 0) is 20.7 Å². The molecule has 1 aromatic rings. The molecule has 1 aliphatic heterocycles. The highest BCUT2D eigenvalue weighted by molar-refractivity contribution is 5.91. The third-order valence-electron chi connectivity index (χ3n) is 4.14. The van der Waals surface area contributed by atoms with Gasteiger partial charge in [-0.2, -0.15) is 0 Å². The van der Waals surface area contributed by atoms with Gasteiger partial charge in [-0.3, -0.25) is 9.59 Å². The summed E-state index contributed by atoms with van der Waals surface area (Å²) < 4.78 is 5.35. The van der Waals surface area contributed by atoms with Gasteiger partial charge in [0.05, 0.1) is 19.6 Å². The SMILES string of the molecule is CCN(CC)C(=O)Cc1ccc(NC(=O)CC2COCCN2)cc1. The second-order valence-corrected chi connectivity index (χ2v) is 5.92. The van der Waals surface area contributed by atoms with Crippen molar-refractivity contribution in [2.75, 3.05) is 38.2 Å². The highest BCUT2D eigenvalue weighted by atomic mass is 16.5. The van der Waals surface area contributed by atoms with E-state index in [1.54, 1.807) is 0 Å². The summed E-state index contributed by atoms with van der Waals surface area (Å²) >= 11 is 0. The number of rotatable bonds is 7. The molecular formula is C18H27N3O3. The van der Waals surface area contributed by atoms with Crippen molar-refractivity contribution in [1.82, 2.24) is 10.2 Å². The molecule has 1 aromatic carbocycles. The van der Waals surface area contributed by atoms with Gasteiger partial charge >= 0.3 is 0 Å². The number of ether oxygens (including phenoxy) is 1. The second-order valence-electron chi connectivity index (χ2n) is 5.92. The smallest absolute Gasteiger partial charge is 0.226 e. The van der Waals surface area contributed by atoms with Crippen LogP contribution in [0.4, 0.5) is 5.69 Å². The number of likely N-dealkylation sites (N-methyl/N-ethyl adjacent to an activating group) is 1. The molecule has 2 rings (SSSR count). The van der Waals surface area contributed by atoms with Crippen LogP contribution in [0.25, 0.3) is 0 Å². The summed E-state index contributed by atoms with van der Waals surface area (Å²) in [5.74, 6) is 0.0881. The number of nitrogens with one attached hydrogen (secondary N) is 2. The Labute approximate surface area is 143 Å². The Hall–Kier alpha value is -1.92. The lowest BCUT2D eigenvalue weighted by atomic mass is 10.1. The Bertz CT molecular complexity index is 535. The van der Waals surface area contributed by atoms with Gasteiger partial charge in [0, 0.05) is 37.8 Å². The summed E-state index contributed by atoms with van der Waals surface area (Å²) in [5, 5.41) is 6.15. The molecule has 1 unspecified atom stereocenters. The molecule has 24 heavy (non-hydrogen) atoms. The fraction of sp³-hybridized carbons (Fsp3) is 0.556. The Balaban J connectivity index is 1.82. The minimum Gasteiger partial charge on any atom is -0.378 e. The monoisotopic (exact) mass is 333 g/mol. The molecule has 0 bridgehead atoms. The van der Waals surface area contributed by atoms with Gasteiger partial charge in [-0.05, 0) is 31.5 Å². The molecule has 0 saturated carbocycles. The molecular weight excluding hydrogens is 306 g/mol. The molecule has 0 aromatic heterocycles. The highest BCUT2D eigenvalue weighted by Gasteiger charge is 2.17. The number of carbonyl (C=O) groups is 2. The van der Waals surface area contributed by atoms with Gasteiger partial charge in [0.2, 0.25) is 11.8 Å². The quantitative estimate of drug-likeness (QED) is 0.792. The van der Waals surface area contributed by atoms with Crippen LogP contribution in [0.1, 0.15) is 25.8 Å². The van der Waals surface area contributed by atoms with Crippen LogP contribution in [0.3, 0.4) is 0 Å². The fourth-order valence-corrected chi connectivity index (χ4v) is 2.76. The van der Waals surface area contributed by atoms with Gasteiger partial charge in [0.15, 0.2) is 0 Å². The van der Waals surface area contributed by atoms with E-state index >= 15 is 0 Å². The first-order valence-corrected chi connectivity index (χ1v) is 8.60. The summed E-state index contributed by atoms with van der Waals surface area (Å²) in [6.45, 7) is 7.46. The van der Waals surface area contributed by atoms with Crippen LogP contribution in [0.15, 0.2) is 24.3 Å². The summed E-state index contributed by atoms with van der Waals surface area (Å²) in [5.41, 5.74) is 1.70. The largest absolute Gasteiger partial charge is 0.378 e.